The first kappa shape index (κ1) is 17.7. The van der Waals surface area contributed by atoms with E-state index in [1.54, 1.807) is 0 Å². The van der Waals surface area contributed by atoms with Crippen LogP contribution in [0, 0.1) is 0 Å². The van der Waals surface area contributed by atoms with Gasteiger partial charge in [-0.05, 0) is 19.3 Å². The second-order valence-electron chi connectivity index (χ2n) is 4.53. The molecule has 0 unspecified atom stereocenters. The van der Waals surface area contributed by atoms with Gasteiger partial charge in [0.05, 0.1) is 13.7 Å². The van der Waals surface area contributed by atoms with Crippen molar-refractivity contribution in [2.24, 2.45) is 0 Å². The minimum atomic E-state index is -0.551. The summed E-state index contributed by atoms with van der Waals surface area (Å²) in [6.45, 7) is 4.09. The summed E-state index contributed by atoms with van der Waals surface area (Å²) in [5, 5.41) is 0. The van der Waals surface area contributed by atoms with E-state index in [0.717, 1.165) is 19.3 Å². The van der Waals surface area contributed by atoms with Crippen molar-refractivity contribution in [3.8, 4) is 0 Å². The highest BCUT2D eigenvalue weighted by molar-refractivity contribution is 5.91. The molecule has 19 heavy (non-hydrogen) atoms. The third kappa shape index (κ3) is 12.9. The molecule has 0 aliphatic rings. The lowest BCUT2D eigenvalue weighted by Gasteiger charge is -2.04. The normalized spacial score (nSPS) is 9.95. The lowest BCUT2D eigenvalue weighted by Crippen LogP contribution is -2.12. The monoisotopic (exact) mass is 270 g/mol. The first-order valence-electron chi connectivity index (χ1n) is 7.04. The molecular formula is C15H26O4. The molecule has 110 valence electrons. The van der Waals surface area contributed by atoms with Crippen LogP contribution >= 0.6 is 0 Å². The van der Waals surface area contributed by atoms with Gasteiger partial charge in [0.2, 0.25) is 0 Å². The van der Waals surface area contributed by atoms with Crippen LogP contribution in [0.25, 0.3) is 0 Å². The maximum atomic E-state index is 11.1. The van der Waals surface area contributed by atoms with E-state index in [4.69, 9.17) is 4.74 Å². The summed E-state index contributed by atoms with van der Waals surface area (Å²) in [5.41, 5.74) is 0. The van der Waals surface area contributed by atoms with Crippen LogP contribution in [0.3, 0.4) is 0 Å². The van der Waals surface area contributed by atoms with Gasteiger partial charge >= 0.3 is 11.9 Å². The molecule has 0 amide bonds. The van der Waals surface area contributed by atoms with E-state index in [1.165, 1.54) is 39.2 Å². The first-order chi connectivity index (χ1) is 9.20. The number of methoxy groups -OCH3 is 1. The average Bonchev–Trinajstić information content (AvgIpc) is 2.40. The van der Waals surface area contributed by atoms with Crippen LogP contribution in [-0.2, 0) is 19.1 Å². The van der Waals surface area contributed by atoms with Crippen LogP contribution in [0.1, 0.15) is 57.8 Å². The van der Waals surface area contributed by atoms with E-state index in [2.05, 4.69) is 11.3 Å². The molecule has 0 rings (SSSR count). The standard InChI is InChI=1S/C15H26O4/c1-3-4-5-6-7-8-9-10-11-12-19-15(17)13-14(16)18-2/h3H,1,4-13H2,2H3. The number of carbonyl (C=O) groups is 2. The Morgan fingerprint density at radius 2 is 1.53 bits per heavy atom. The maximum Gasteiger partial charge on any atom is 0.317 e. The summed E-state index contributed by atoms with van der Waals surface area (Å²) >= 11 is 0. The zero-order valence-electron chi connectivity index (χ0n) is 12.0. The summed E-state index contributed by atoms with van der Waals surface area (Å²) in [6.07, 6.45) is 10.9. The molecule has 0 aliphatic carbocycles. The lowest BCUT2D eigenvalue weighted by atomic mass is 10.1. The largest absolute Gasteiger partial charge is 0.469 e. The summed E-state index contributed by atoms with van der Waals surface area (Å²) < 4.78 is 9.30. The number of esters is 2. The Morgan fingerprint density at radius 1 is 0.947 bits per heavy atom. The Kier molecular flexibility index (Phi) is 12.2. The molecule has 0 aliphatic heterocycles. The van der Waals surface area contributed by atoms with Crippen molar-refractivity contribution in [1.29, 1.82) is 0 Å². The van der Waals surface area contributed by atoms with E-state index in [0.29, 0.717) is 6.61 Å². The van der Waals surface area contributed by atoms with Gasteiger partial charge in [-0.2, -0.15) is 0 Å². The minimum Gasteiger partial charge on any atom is -0.469 e. The summed E-state index contributed by atoms with van der Waals surface area (Å²) in [7, 11) is 1.25. The summed E-state index contributed by atoms with van der Waals surface area (Å²) in [6, 6.07) is 0. The van der Waals surface area contributed by atoms with Crippen molar-refractivity contribution in [2.75, 3.05) is 13.7 Å². The SMILES string of the molecule is C=CCCCCCCCCCOC(=O)CC(=O)OC. The number of allylic oxidation sites excluding steroid dienone is 1. The second kappa shape index (κ2) is 13.1. The second-order valence-corrected chi connectivity index (χ2v) is 4.53. The third-order valence-corrected chi connectivity index (χ3v) is 2.83. The molecule has 0 aromatic rings. The highest BCUT2D eigenvalue weighted by atomic mass is 16.5. The summed E-state index contributed by atoms with van der Waals surface area (Å²) in [5.74, 6) is -1.05. The van der Waals surface area contributed by atoms with E-state index >= 15 is 0 Å². The number of unbranched alkanes of at least 4 members (excludes halogenated alkanes) is 7. The van der Waals surface area contributed by atoms with Crippen molar-refractivity contribution < 1.29 is 19.1 Å². The van der Waals surface area contributed by atoms with E-state index < -0.39 is 11.9 Å². The van der Waals surface area contributed by atoms with E-state index in [1.807, 2.05) is 6.08 Å². The van der Waals surface area contributed by atoms with Gasteiger partial charge in [0.15, 0.2) is 0 Å². The zero-order valence-corrected chi connectivity index (χ0v) is 12.0. The Labute approximate surface area is 116 Å². The topological polar surface area (TPSA) is 52.6 Å². The van der Waals surface area contributed by atoms with Crippen molar-refractivity contribution >= 4 is 11.9 Å². The van der Waals surface area contributed by atoms with Crippen LogP contribution in [0.5, 0.6) is 0 Å². The highest BCUT2D eigenvalue weighted by Crippen LogP contribution is 2.08. The average molecular weight is 270 g/mol. The predicted molar refractivity (Wildman–Crippen MR) is 74.7 cm³/mol. The Morgan fingerprint density at radius 3 is 2.11 bits per heavy atom. The van der Waals surface area contributed by atoms with Gasteiger partial charge in [0.1, 0.15) is 6.42 Å². The molecule has 0 saturated carbocycles. The molecule has 4 heteroatoms. The Hall–Kier alpha value is -1.32. The summed E-state index contributed by atoms with van der Waals surface area (Å²) in [4.78, 5) is 21.9. The molecule has 0 saturated heterocycles. The fourth-order valence-corrected chi connectivity index (χ4v) is 1.70. The molecule has 0 aromatic carbocycles. The predicted octanol–water partition coefficient (Wildman–Crippen LogP) is 3.40. The van der Waals surface area contributed by atoms with Crippen molar-refractivity contribution in [2.45, 2.75) is 57.8 Å². The first-order valence-corrected chi connectivity index (χ1v) is 7.04. The van der Waals surface area contributed by atoms with Crippen molar-refractivity contribution in [3.05, 3.63) is 12.7 Å². The van der Waals surface area contributed by atoms with Gasteiger partial charge in [-0.3, -0.25) is 9.59 Å². The Balaban J connectivity index is 3.20. The number of ether oxygens (including phenoxy) is 2. The highest BCUT2D eigenvalue weighted by Gasteiger charge is 2.09. The van der Waals surface area contributed by atoms with Gasteiger partial charge in [0.25, 0.3) is 0 Å². The molecule has 0 aromatic heterocycles. The van der Waals surface area contributed by atoms with Crippen LogP contribution in [0.15, 0.2) is 12.7 Å². The van der Waals surface area contributed by atoms with Crippen LogP contribution in [0.2, 0.25) is 0 Å². The Bertz CT molecular complexity index is 261. The number of rotatable bonds is 12. The van der Waals surface area contributed by atoms with Crippen LogP contribution in [-0.4, -0.2) is 25.7 Å². The van der Waals surface area contributed by atoms with Crippen molar-refractivity contribution in [1.82, 2.24) is 0 Å². The lowest BCUT2D eigenvalue weighted by molar-refractivity contribution is -0.153. The fourth-order valence-electron chi connectivity index (χ4n) is 1.70. The molecule has 0 fully saturated rings. The number of carbonyl (C=O) groups excluding carboxylic acids is 2. The quantitative estimate of drug-likeness (QED) is 0.236. The zero-order chi connectivity index (χ0) is 14.3. The van der Waals surface area contributed by atoms with Gasteiger partial charge in [-0.15, -0.1) is 6.58 Å². The molecule has 4 nitrogen and oxygen atoms in total. The molecule has 0 N–H and O–H groups in total. The van der Waals surface area contributed by atoms with Gasteiger partial charge in [0, 0.05) is 0 Å². The molecular weight excluding hydrogens is 244 g/mol. The van der Waals surface area contributed by atoms with E-state index in [9.17, 15) is 9.59 Å². The fraction of sp³-hybridized carbons (Fsp3) is 0.733. The van der Waals surface area contributed by atoms with E-state index in [-0.39, 0.29) is 6.42 Å². The molecule has 0 bridgehead atoms. The maximum absolute atomic E-state index is 11.1. The third-order valence-electron chi connectivity index (χ3n) is 2.83. The molecule has 0 atom stereocenters. The van der Waals surface area contributed by atoms with Gasteiger partial charge < -0.3 is 9.47 Å². The van der Waals surface area contributed by atoms with Gasteiger partial charge in [-0.25, -0.2) is 0 Å². The molecule has 0 radical (unpaired) electrons. The van der Waals surface area contributed by atoms with Crippen LogP contribution < -0.4 is 0 Å². The number of hydrogen-bond donors (Lipinski definition) is 0. The minimum absolute atomic E-state index is 0.292. The molecule has 0 heterocycles. The molecule has 0 spiro atoms. The van der Waals surface area contributed by atoms with Crippen molar-refractivity contribution in [3.63, 3.8) is 0 Å². The van der Waals surface area contributed by atoms with Crippen LogP contribution in [0.4, 0.5) is 0 Å². The number of hydrogen-bond acceptors (Lipinski definition) is 4. The van der Waals surface area contributed by atoms with Gasteiger partial charge in [-0.1, -0.05) is 38.2 Å². The smallest absolute Gasteiger partial charge is 0.317 e.